The lowest BCUT2D eigenvalue weighted by Crippen LogP contribution is -2.42. The molecule has 4 heterocycles. The van der Waals surface area contributed by atoms with Gasteiger partial charge in [-0.2, -0.15) is 0 Å². The minimum atomic E-state index is -0.190. The van der Waals surface area contributed by atoms with E-state index >= 15 is 0 Å². The second kappa shape index (κ2) is 12.9. The Kier molecular flexibility index (Phi) is 9.11. The molecule has 0 radical (unpaired) electrons. The molecule has 5 rings (SSSR count). The van der Waals surface area contributed by atoms with Gasteiger partial charge in [-0.25, -0.2) is 4.98 Å². The van der Waals surface area contributed by atoms with Crippen molar-refractivity contribution in [2.24, 2.45) is 5.92 Å². The fourth-order valence-corrected chi connectivity index (χ4v) is 6.37. The van der Waals surface area contributed by atoms with Crippen LogP contribution in [0, 0.1) is 5.92 Å². The number of nitrogens with one attached hydrogen (secondary N) is 2. The van der Waals surface area contributed by atoms with E-state index in [4.69, 9.17) is 4.74 Å². The van der Waals surface area contributed by atoms with Gasteiger partial charge in [0.2, 0.25) is 0 Å². The first kappa shape index (κ1) is 27.6. The third kappa shape index (κ3) is 6.96. The van der Waals surface area contributed by atoms with Gasteiger partial charge >= 0.3 is 0 Å². The molecule has 0 aliphatic carbocycles. The molecule has 2 saturated heterocycles. The Balaban J connectivity index is 1.33. The summed E-state index contributed by atoms with van der Waals surface area (Å²) in [4.78, 5) is 27.0. The number of nitrogens with zero attached hydrogens (tertiary/aromatic N) is 4. The zero-order chi connectivity index (χ0) is 27.2. The number of rotatable bonds is 9. The van der Waals surface area contributed by atoms with Crippen molar-refractivity contribution in [1.82, 2.24) is 14.9 Å². The van der Waals surface area contributed by atoms with Crippen molar-refractivity contribution in [1.29, 1.82) is 0 Å². The maximum Gasteiger partial charge on any atom is 0.275 e. The Morgan fingerprint density at radius 2 is 1.82 bits per heavy atom. The molecule has 1 aromatic carbocycles. The molecule has 9 heteroatoms. The van der Waals surface area contributed by atoms with Crippen LogP contribution >= 0.6 is 11.3 Å². The zero-order valence-corrected chi connectivity index (χ0v) is 24.0. The Morgan fingerprint density at radius 3 is 2.51 bits per heavy atom. The van der Waals surface area contributed by atoms with Gasteiger partial charge < -0.3 is 25.2 Å². The number of likely N-dealkylation sites (tertiary alicyclic amines) is 1. The van der Waals surface area contributed by atoms with E-state index in [-0.39, 0.29) is 5.91 Å². The standard InChI is InChI=1S/C30H40N6O2S/c1-21(2)35-16-10-24(11-17-35)32-25-4-5-28(36-14-8-22(9-15-36)19-38-3)26(18-25)33-29(37)27-20-39-30(34-27)23-6-12-31-13-7-23/h4-7,12-13,18,20-22,24,32H,8-11,14-17,19H2,1-3H3,(H,33,37). The van der Waals surface area contributed by atoms with Gasteiger partial charge in [0.25, 0.3) is 5.91 Å². The van der Waals surface area contributed by atoms with Crippen LogP contribution in [0.15, 0.2) is 48.1 Å². The van der Waals surface area contributed by atoms with Crippen molar-refractivity contribution in [2.45, 2.75) is 51.6 Å². The van der Waals surface area contributed by atoms with Crippen LogP contribution in [0.25, 0.3) is 10.6 Å². The SMILES string of the molecule is COCC1CCN(c2ccc(NC3CCN(C(C)C)CC3)cc2NC(=O)c2csc(-c3ccncc3)n2)CC1. The molecule has 1 amide bonds. The lowest BCUT2D eigenvalue weighted by atomic mass is 9.97. The lowest BCUT2D eigenvalue weighted by Gasteiger charge is -2.36. The largest absolute Gasteiger partial charge is 0.384 e. The number of piperidine rings is 2. The summed E-state index contributed by atoms with van der Waals surface area (Å²) in [5.41, 5.74) is 4.32. The van der Waals surface area contributed by atoms with E-state index < -0.39 is 0 Å². The van der Waals surface area contributed by atoms with E-state index in [9.17, 15) is 4.79 Å². The molecule has 0 spiro atoms. The summed E-state index contributed by atoms with van der Waals surface area (Å²) in [5, 5.41) is 9.58. The minimum Gasteiger partial charge on any atom is -0.384 e. The molecular weight excluding hydrogens is 508 g/mol. The predicted molar refractivity (Wildman–Crippen MR) is 160 cm³/mol. The molecule has 0 atom stereocenters. The first-order chi connectivity index (χ1) is 19.0. The van der Waals surface area contributed by atoms with Gasteiger partial charge in [-0.15, -0.1) is 11.3 Å². The lowest BCUT2D eigenvalue weighted by molar-refractivity contribution is 0.102. The third-order valence-electron chi connectivity index (χ3n) is 7.90. The van der Waals surface area contributed by atoms with Gasteiger partial charge in [0.1, 0.15) is 10.7 Å². The Morgan fingerprint density at radius 1 is 1.08 bits per heavy atom. The quantitative estimate of drug-likeness (QED) is 0.360. The minimum absolute atomic E-state index is 0.190. The average Bonchev–Trinajstić information content (AvgIpc) is 3.46. The summed E-state index contributed by atoms with van der Waals surface area (Å²) in [7, 11) is 1.77. The number of amides is 1. The fraction of sp³-hybridized carbons (Fsp3) is 0.500. The monoisotopic (exact) mass is 548 g/mol. The zero-order valence-electron chi connectivity index (χ0n) is 23.2. The second-order valence-electron chi connectivity index (χ2n) is 10.9. The Hall–Kier alpha value is -3.01. The number of benzene rings is 1. The molecule has 2 aliphatic heterocycles. The van der Waals surface area contributed by atoms with Gasteiger partial charge in [0, 0.05) is 81.0 Å². The number of thiazole rings is 1. The van der Waals surface area contributed by atoms with Gasteiger partial charge in [0.05, 0.1) is 11.4 Å². The molecule has 2 aliphatic rings. The van der Waals surface area contributed by atoms with Crippen LogP contribution in [-0.4, -0.2) is 72.8 Å². The average molecular weight is 549 g/mol. The van der Waals surface area contributed by atoms with Crippen molar-refractivity contribution < 1.29 is 9.53 Å². The van der Waals surface area contributed by atoms with Crippen molar-refractivity contribution in [3.63, 3.8) is 0 Å². The molecule has 2 fully saturated rings. The molecular formula is C30H40N6O2S. The highest BCUT2D eigenvalue weighted by atomic mass is 32.1. The molecule has 2 aromatic heterocycles. The summed E-state index contributed by atoms with van der Waals surface area (Å²) in [6.07, 6.45) is 7.87. The van der Waals surface area contributed by atoms with Crippen LogP contribution in [0.2, 0.25) is 0 Å². The molecule has 39 heavy (non-hydrogen) atoms. The highest BCUT2D eigenvalue weighted by molar-refractivity contribution is 7.13. The van der Waals surface area contributed by atoms with E-state index in [0.717, 1.165) is 86.1 Å². The van der Waals surface area contributed by atoms with Crippen molar-refractivity contribution >= 4 is 34.3 Å². The van der Waals surface area contributed by atoms with Crippen LogP contribution in [-0.2, 0) is 4.74 Å². The molecule has 0 unspecified atom stereocenters. The number of ether oxygens (including phenoxy) is 1. The normalized spacial score (nSPS) is 17.5. The maximum absolute atomic E-state index is 13.4. The van der Waals surface area contributed by atoms with Crippen LogP contribution in [0.1, 0.15) is 50.0 Å². The Bertz CT molecular complexity index is 1220. The maximum atomic E-state index is 13.4. The number of anilines is 3. The molecule has 3 aromatic rings. The Labute approximate surface area is 235 Å². The highest BCUT2D eigenvalue weighted by Crippen LogP contribution is 2.34. The van der Waals surface area contributed by atoms with Gasteiger partial charge in [-0.3, -0.25) is 9.78 Å². The summed E-state index contributed by atoms with van der Waals surface area (Å²) in [6, 6.07) is 11.2. The number of methoxy groups -OCH3 is 1. The van der Waals surface area contributed by atoms with Crippen molar-refractivity contribution in [3.8, 4) is 10.6 Å². The first-order valence-corrected chi connectivity index (χ1v) is 14.9. The number of aromatic nitrogens is 2. The molecule has 8 nitrogen and oxygen atoms in total. The highest BCUT2D eigenvalue weighted by Gasteiger charge is 2.24. The molecule has 208 valence electrons. The van der Waals surface area contributed by atoms with Gasteiger partial charge in [0.15, 0.2) is 0 Å². The van der Waals surface area contributed by atoms with Crippen LogP contribution < -0.4 is 15.5 Å². The second-order valence-corrected chi connectivity index (χ2v) is 11.8. The van der Waals surface area contributed by atoms with Gasteiger partial charge in [-0.05, 0) is 75.8 Å². The predicted octanol–water partition coefficient (Wildman–Crippen LogP) is 5.60. The molecule has 0 bridgehead atoms. The van der Waals surface area contributed by atoms with Crippen LogP contribution in [0.5, 0.6) is 0 Å². The number of carbonyl (C=O) groups is 1. The smallest absolute Gasteiger partial charge is 0.275 e. The summed E-state index contributed by atoms with van der Waals surface area (Å²) in [5.74, 6) is 0.396. The van der Waals surface area contributed by atoms with Crippen LogP contribution in [0.4, 0.5) is 17.1 Å². The number of hydrogen-bond acceptors (Lipinski definition) is 8. The topological polar surface area (TPSA) is 82.6 Å². The summed E-state index contributed by atoms with van der Waals surface area (Å²) < 4.78 is 5.39. The molecule has 2 N–H and O–H groups in total. The number of pyridine rings is 1. The van der Waals surface area contributed by atoms with Crippen molar-refractivity contribution in [2.75, 3.05) is 55.4 Å². The first-order valence-electron chi connectivity index (χ1n) is 14.1. The van der Waals surface area contributed by atoms with E-state index in [0.29, 0.717) is 23.7 Å². The third-order valence-corrected chi connectivity index (χ3v) is 8.79. The van der Waals surface area contributed by atoms with Gasteiger partial charge in [-0.1, -0.05) is 0 Å². The summed E-state index contributed by atoms with van der Waals surface area (Å²) in [6.45, 7) is 9.44. The van der Waals surface area contributed by atoms with Crippen molar-refractivity contribution in [3.05, 3.63) is 53.8 Å². The number of carbonyl (C=O) groups excluding carboxylic acids is 1. The fourth-order valence-electron chi connectivity index (χ4n) is 5.57. The van der Waals surface area contributed by atoms with Crippen LogP contribution in [0.3, 0.4) is 0 Å². The van der Waals surface area contributed by atoms with E-state index in [1.807, 2.05) is 17.5 Å². The van der Waals surface area contributed by atoms with E-state index in [1.165, 1.54) is 11.3 Å². The van der Waals surface area contributed by atoms with E-state index in [1.54, 1.807) is 19.5 Å². The van der Waals surface area contributed by atoms with E-state index in [2.05, 4.69) is 62.4 Å². The molecule has 0 saturated carbocycles. The number of hydrogen-bond donors (Lipinski definition) is 2. The summed E-state index contributed by atoms with van der Waals surface area (Å²) >= 11 is 1.47.